The minimum absolute atomic E-state index is 0.246. The predicted molar refractivity (Wildman–Crippen MR) is 82.4 cm³/mol. The Balaban J connectivity index is 1.95. The Morgan fingerprint density at radius 2 is 0.889 bits per heavy atom. The standard InChI is InChI=1S/C14H22Cl4/c1-8(9-2-11(15)6-12(16)3-9)10-4-13(17)7-14(18)5-10/h8-14H,2-7H2,1H3. The molecule has 0 N–H and O–H groups in total. The van der Waals surface area contributed by atoms with Crippen molar-refractivity contribution in [3.8, 4) is 0 Å². The number of hydrogen-bond acceptors (Lipinski definition) is 0. The lowest BCUT2D eigenvalue weighted by atomic mass is 9.70. The highest BCUT2D eigenvalue weighted by Gasteiger charge is 2.37. The van der Waals surface area contributed by atoms with Crippen molar-refractivity contribution in [2.24, 2.45) is 17.8 Å². The van der Waals surface area contributed by atoms with E-state index in [2.05, 4.69) is 6.92 Å². The molecule has 0 heterocycles. The summed E-state index contributed by atoms with van der Waals surface area (Å²) in [6.07, 6.45) is 6.30. The van der Waals surface area contributed by atoms with Crippen LogP contribution in [0.1, 0.15) is 45.4 Å². The predicted octanol–water partition coefficient (Wildman–Crippen LogP) is 5.65. The zero-order valence-electron chi connectivity index (χ0n) is 10.8. The third-order valence-corrected chi connectivity index (χ3v) is 6.17. The average molecular weight is 332 g/mol. The highest BCUT2D eigenvalue weighted by Crippen LogP contribution is 2.43. The second-order valence-corrected chi connectivity index (χ2v) is 8.65. The zero-order valence-corrected chi connectivity index (χ0v) is 13.8. The van der Waals surface area contributed by atoms with Crippen LogP contribution in [-0.4, -0.2) is 21.5 Å². The smallest absolute Gasteiger partial charge is 0.0352 e. The van der Waals surface area contributed by atoms with Crippen LogP contribution in [0.3, 0.4) is 0 Å². The van der Waals surface area contributed by atoms with Crippen molar-refractivity contribution in [3.05, 3.63) is 0 Å². The first-order chi connectivity index (χ1) is 8.45. The molecule has 2 rings (SSSR count). The molecule has 106 valence electrons. The van der Waals surface area contributed by atoms with E-state index in [1.165, 1.54) is 0 Å². The summed E-state index contributed by atoms with van der Waals surface area (Å²) < 4.78 is 0. The highest BCUT2D eigenvalue weighted by atomic mass is 35.5. The quantitative estimate of drug-likeness (QED) is 0.573. The molecule has 0 aromatic heterocycles. The van der Waals surface area contributed by atoms with Gasteiger partial charge in [-0.2, -0.15) is 0 Å². The van der Waals surface area contributed by atoms with Crippen molar-refractivity contribution < 1.29 is 0 Å². The van der Waals surface area contributed by atoms with E-state index in [4.69, 9.17) is 46.4 Å². The summed E-state index contributed by atoms with van der Waals surface area (Å²) >= 11 is 25.2. The van der Waals surface area contributed by atoms with Crippen LogP contribution in [0.2, 0.25) is 0 Å². The molecule has 18 heavy (non-hydrogen) atoms. The van der Waals surface area contributed by atoms with Gasteiger partial charge in [0.05, 0.1) is 0 Å². The maximum absolute atomic E-state index is 6.31. The van der Waals surface area contributed by atoms with Crippen molar-refractivity contribution >= 4 is 46.4 Å². The Morgan fingerprint density at radius 1 is 0.611 bits per heavy atom. The molecular formula is C14H22Cl4. The topological polar surface area (TPSA) is 0 Å². The first-order valence-corrected chi connectivity index (χ1v) is 8.76. The van der Waals surface area contributed by atoms with Crippen molar-refractivity contribution in [1.82, 2.24) is 0 Å². The Labute approximate surface area is 131 Å². The van der Waals surface area contributed by atoms with E-state index >= 15 is 0 Å². The van der Waals surface area contributed by atoms with Crippen molar-refractivity contribution in [3.63, 3.8) is 0 Å². The summed E-state index contributed by atoms with van der Waals surface area (Å²) in [6.45, 7) is 2.34. The van der Waals surface area contributed by atoms with Crippen LogP contribution in [0.4, 0.5) is 0 Å². The molecule has 0 aliphatic heterocycles. The van der Waals surface area contributed by atoms with E-state index in [9.17, 15) is 0 Å². The molecule has 0 radical (unpaired) electrons. The molecule has 4 atom stereocenters. The largest absolute Gasteiger partial charge is 0.123 e. The Kier molecular flexibility index (Phi) is 5.82. The minimum atomic E-state index is 0.246. The van der Waals surface area contributed by atoms with E-state index in [0.717, 1.165) is 38.5 Å². The van der Waals surface area contributed by atoms with Gasteiger partial charge >= 0.3 is 0 Å². The SMILES string of the molecule is CC(C1CC(Cl)CC(Cl)C1)C1CC(Cl)CC(Cl)C1. The lowest BCUT2D eigenvalue weighted by molar-refractivity contribution is 0.165. The fourth-order valence-corrected chi connectivity index (χ4v) is 5.65. The van der Waals surface area contributed by atoms with Gasteiger partial charge in [-0.25, -0.2) is 0 Å². The van der Waals surface area contributed by atoms with Crippen molar-refractivity contribution in [1.29, 1.82) is 0 Å². The molecule has 0 spiro atoms. The first kappa shape index (κ1) is 15.5. The Hall–Kier alpha value is 1.16. The van der Waals surface area contributed by atoms with Crippen LogP contribution in [0.15, 0.2) is 0 Å². The third kappa shape index (κ3) is 4.08. The molecule has 4 unspecified atom stereocenters. The summed E-state index contributed by atoms with van der Waals surface area (Å²) in [7, 11) is 0. The molecule has 0 saturated heterocycles. The van der Waals surface area contributed by atoms with Gasteiger partial charge in [-0.15, -0.1) is 46.4 Å². The molecule has 2 saturated carbocycles. The van der Waals surface area contributed by atoms with Gasteiger partial charge in [0.25, 0.3) is 0 Å². The molecular weight excluding hydrogens is 310 g/mol. The molecule has 2 fully saturated rings. The number of halogens is 4. The van der Waals surface area contributed by atoms with E-state index in [0.29, 0.717) is 17.8 Å². The number of rotatable bonds is 2. The minimum Gasteiger partial charge on any atom is -0.123 e. The van der Waals surface area contributed by atoms with Crippen LogP contribution in [0, 0.1) is 17.8 Å². The van der Waals surface area contributed by atoms with Crippen LogP contribution >= 0.6 is 46.4 Å². The normalized spacial score (nSPS) is 47.8. The summed E-state index contributed by atoms with van der Waals surface area (Å²) in [5.74, 6) is 1.91. The van der Waals surface area contributed by atoms with Crippen LogP contribution < -0.4 is 0 Å². The zero-order chi connectivity index (χ0) is 13.3. The molecule has 0 aromatic rings. The third-order valence-electron chi connectivity index (χ3n) is 4.74. The maximum atomic E-state index is 6.31. The highest BCUT2D eigenvalue weighted by molar-refractivity contribution is 6.24. The maximum Gasteiger partial charge on any atom is 0.0352 e. The average Bonchev–Trinajstić information content (AvgIpc) is 2.25. The van der Waals surface area contributed by atoms with Gasteiger partial charge in [0.15, 0.2) is 0 Å². The fraction of sp³-hybridized carbons (Fsp3) is 1.00. The van der Waals surface area contributed by atoms with Gasteiger partial charge in [0.2, 0.25) is 0 Å². The van der Waals surface area contributed by atoms with E-state index in [1.54, 1.807) is 0 Å². The van der Waals surface area contributed by atoms with Gasteiger partial charge in [0.1, 0.15) is 0 Å². The molecule has 0 nitrogen and oxygen atoms in total. The Morgan fingerprint density at radius 3 is 1.17 bits per heavy atom. The summed E-state index contributed by atoms with van der Waals surface area (Å²) in [6, 6.07) is 0. The number of alkyl halides is 4. The molecule has 2 aliphatic carbocycles. The molecule has 0 amide bonds. The van der Waals surface area contributed by atoms with Crippen LogP contribution in [-0.2, 0) is 0 Å². The van der Waals surface area contributed by atoms with Gasteiger partial charge in [-0.05, 0) is 56.3 Å². The fourth-order valence-electron chi connectivity index (χ4n) is 3.69. The van der Waals surface area contributed by atoms with Gasteiger partial charge in [-0.1, -0.05) is 6.92 Å². The van der Waals surface area contributed by atoms with Crippen LogP contribution in [0.5, 0.6) is 0 Å². The summed E-state index contributed by atoms with van der Waals surface area (Å²) in [4.78, 5) is 0. The lowest BCUT2D eigenvalue weighted by Gasteiger charge is -2.40. The monoisotopic (exact) mass is 330 g/mol. The molecule has 2 aliphatic rings. The van der Waals surface area contributed by atoms with Crippen LogP contribution in [0.25, 0.3) is 0 Å². The van der Waals surface area contributed by atoms with Gasteiger partial charge in [0, 0.05) is 21.5 Å². The second-order valence-electron chi connectivity index (χ2n) is 6.18. The lowest BCUT2D eigenvalue weighted by Crippen LogP contribution is -2.35. The van der Waals surface area contributed by atoms with Gasteiger partial charge in [-0.3, -0.25) is 0 Å². The molecule has 0 bridgehead atoms. The van der Waals surface area contributed by atoms with E-state index in [1.807, 2.05) is 0 Å². The second kappa shape index (κ2) is 6.74. The molecule has 0 aromatic carbocycles. The van der Waals surface area contributed by atoms with Crippen molar-refractivity contribution in [2.75, 3.05) is 0 Å². The van der Waals surface area contributed by atoms with Gasteiger partial charge < -0.3 is 0 Å². The Bertz CT molecular complexity index is 225. The molecule has 4 heteroatoms. The van der Waals surface area contributed by atoms with E-state index in [-0.39, 0.29) is 21.5 Å². The van der Waals surface area contributed by atoms with E-state index < -0.39 is 0 Å². The summed E-state index contributed by atoms with van der Waals surface area (Å²) in [5.41, 5.74) is 0. The first-order valence-electron chi connectivity index (χ1n) is 7.02. The van der Waals surface area contributed by atoms with Crippen molar-refractivity contribution in [2.45, 2.75) is 67.0 Å². The summed E-state index contributed by atoms with van der Waals surface area (Å²) in [5, 5.41) is 0.985. The number of hydrogen-bond donors (Lipinski definition) is 0.